The Hall–Kier alpha value is -2.86. The highest BCUT2D eigenvalue weighted by molar-refractivity contribution is 6.30. The molecule has 0 saturated heterocycles. The lowest BCUT2D eigenvalue weighted by Gasteiger charge is -2.25. The minimum Gasteiger partial charge on any atom is -0.491 e. The standard InChI is InChI=1S/C22H24ClN3O3/c1-14(2)26(22(27)17-6-5-7-19(12-17)28-15(3)4)13-20-24-21(25-29-20)16-8-10-18(23)11-9-16/h5-12,14-15H,13H2,1-4H3. The highest BCUT2D eigenvalue weighted by Crippen LogP contribution is 2.21. The van der Waals surface area contributed by atoms with Crippen molar-refractivity contribution < 1.29 is 14.1 Å². The molecule has 0 aliphatic rings. The molecule has 2 aromatic carbocycles. The molecule has 0 saturated carbocycles. The minimum atomic E-state index is -0.125. The summed E-state index contributed by atoms with van der Waals surface area (Å²) in [5.41, 5.74) is 1.35. The molecule has 0 atom stereocenters. The van der Waals surface area contributed by atoms with Gasteiger partial charge < -0.3 is 14.2 Å². The van der Waals surface area contributed by atoms with Gasteiger partial charge in [-0.1, -0.05) is 22.8 Å². The Labute approximate surface area is 175 Å². The van der Waals surface area contributed by atoms with E-state index in [1.807, 2.05) is 52.0 Å². The summed E-state index contributed by atoms with van der Waals surface area (Å²) in [6.07, 6.45) is 0.0336. The van der Waals surface area contributed by atoms with Gasteiger partial charge in [-0.15, -0.1) is 0 Å². The van der Waals surface area contributed by atoms with Crippen LogP contribution < -0.4 is 4.74 Å². The number of ether oxygens (including phenoxy) is 1. The van der Waals surface area contributed by atoms with Crippen molar-refractivity contribution >= 4 is 17.5 Å². The van der Waals surface area contributed by atoms with E-state index in [1.165, 1.54) is 0 Å². The lowest BCUT2D eigenvalue weighted by Crippen LogP contribution is -2.36. The molecule has 0 aliphatic carbocycles. The number of hydrogen-bond donors (Lipinski definition) is 0. The van der Waals surface area contributed by atoms with Crippen molar-refractivity contribution in [1.82, 2.24) is 15.0 Å². The Balaban J connectivity index is 1.78. The van der Waals surface area contributed by atoms with E-state index in [0.717, 1.165) is 5.56 Å². The quantitative estimate of drug-likeness (QED) is 0.530. The number of hydrogen-bond acceptors (Lipinski definition) is 5. The van der Waals surface area contributed by atoms with Crippen LogP contribution in [0.15, 0.2) is 53.1 Å². The smallest absolute Gasteiger partial charge is 0.254 e. The average Bonchev–Trinajstić information content (AvgIpc) is 3.14. The van der Waals surface area contributed by atoms with Crippen molar-refractivity contribution in [3.05, 3.63) is 65.0 Å². The highest BCUT2D eigenvalue weighted by atomic mass is 35.5. The molecule has 0 N–H and O–H groups in total. The van der Waals surface area contributed by atoms with Gasteiger partial charge >= 0.3 is 0 Å². The van der Waals surface area contributed by atoms with E-state index < -0.39 is 0 Å². The second-order valence-corrected chi connectivity index (χ2v) is 7.68. The second kappa shape index (κ2) is 9.09. The summed E-state index contributed by atoms with van der Waals surface area (Å²) < 4.78 is 11.1. The zero-order valence-corrected chi connectivity index (χ0v) is 17.7. The fourth-order valence-electron chi connectivity index (χ4n) is 2.81. The Morgan fingerprint density at radius 3 is 2.52 bits per heavy atom. The molecule has 6 nitrogen and oxygen atoms in total. The van der Waals surface area contributed by atoms with E-state index in [0.29, 0.717) is 28.1 Å². The van der Waals surface area contributed by atoms with E-state index in [-0.39, 0.29) is 24.6 Å². The first-order valence-electron chi connectivity index (χ1n) is 9.49. The SMILES string of the molecule is CC(C)Oc1cccc(C(=O)N(Cc2nc(-c3ccc(Cl)cc3)no2)C(C)C)c1. The minimum absolute atomic E-state index is 0.0336. The van der Waals surface area contributed by atoms with Crippen molar-refractivity contribution in [3.8, 4) is 17.1 Å². The maximum Gasteiger partial charge on any atom is 0.254 e. The zero-order valence-electron chi connectivity index (χ0n) is 16.9. The van der Waals surface area contributed by atoms with E-state index >= 15 is 0 Å². The Bertz CT molecular complexity index is 967. The van der Waals surface area contributed by atoms with E-state index in [4.69, 9.17) is 20.9 Å². The van der Waals surface area contributed by atoms with Gasteiger partial charge in [0.15, 0.2) is 0 Å². The number of nitrogens with zero attached hydrogens (tertiary/aromatic N) is 3. The van der Waals surface area contributed by atoms with Gasteiger partial charge in [-0.05, 0) is 70.2 Å². The number of benzene rings is 2. The summed E-state index contributed by atoms with van der Waals surface area (Å²) in [4.78, 5) is 19.2. The third-order valence-corrected chi connectivity index (χ3v) is 4.47. The average molecular weight is 414 g/mol. The van der Waals surface area contributed by atoms with Crippen LogP contribution in [-0.2, 0) is 6.54 Å². The molecule has 3 aromatic rings. The molecule has 29 heavy (non-hydrogen) atoms. The number of carbonyl (C=O) groups is 1. The fourth-order valence-corrected chi connectivity index (χ4v) is 2.94. The zero-order chi connectivity index (χ0) is 21.0. The molecular formula is C22H24ClN3O3. The predicted octanol–water partition coefficient (Wildman–Crippen LogP) is 5.23. The van der Waals surface area contributed by atoms with Gasteiger partial charge in [-0.25, -0.2) is 0 Å². The van der Waals surface area contributed by atoms with Crippen LogP contribution in [0, 0.1) is 0 Å². The molecule has 0 aliphatic heterocycles. The number of rotatable bonds is 7. The third-order valence-electron chi connectivity index (χ3n) is 4.21. The van der Waals surface area contributed by atoms with Crippen LogP contribution in [0.1, 0.15) is 43.9 Å². The Kier molecular flexibility index (Phi) is 6.54. The number of carbonyl (C=O) groups excluding carboxylic acids is 1. The Morgan fingerprint density at radius 2 is 1.86 bits per heavy atom. The second-order valence-electron chi connectivity index (χ2n) is 7.24. The van der Waals surface area contributed by atoms with E-state index in [2.05, 4.69) is 10.1 Å². The first-order chi connectivity index (χ1) is 13.8. The molecule has 1 aromatic heterocycles. The van der Waals surface area contributed by atoms with E-state index in [9.17, 15) is 4.79 Å². The highest BCUT2D eigenvalue weighted by Gasteiger charge is 2.22. The lowest BCUT2D eigenvalue weighted by molar-refractivity contribution is 0.0666. The molecule has 152 valence electrons. The van der Waals surface area contributed by atoms with Crippen molar-refractivity contribution in [2.24, 2.45) is 0 Å². The molecule has 1 heterocycles. The first kappa shape index (κ1) is 20.9. The van der Waals surface area contributed by atoms with Gasteiger partial charge in [0.2, 0.25) is 11.7 Å². The summed E-state index contributed by atoms with van der Waals surface area (Å²) in [6.45, 7) is 8.00. The summed E-state index contributed by atoms with van der Waals surface area (Å²) in [6, 6.07) is 14.3. The number of aromatic nitrogens is 2. The van der Waals surface area contributed by atoms with Crippen LogP contribution in [0.5, 0.6) is 5.75 Å². The molecule has 0 bridgehead atoms. The molecule has 0 fully saturated rings. The summed E-state index contributed by atoms with van der Waals surface area (Å²) in [7, 11) is 0. The molecule has 3 rings (SSSR count). The molecule has 0 radical (unpaired) electrons. The topological polar surface area (TPSA) is 68.5 Å². The van der Waals surface area contributed by atoms with Crippen molar-refractivity contribution in [1.29, 1.82) is 0 Å². The molecular weight excluding hydrogens is 390 g/mol. The summed E-state index contributed by atoms with van der Waals surface area (Å²) in [5, 5.41) is 4.66. The van der Waals surface area contributed by atoms with Crippen molar-refractivity contribution in [3.63, 3.8) is 0 Å². The first-order valence-corrected chi connectivity index (χ1v) is 9.87. The predicted molar refractivity (Wildman–Crippen MR) is 112 cm³/mol. The molecule has 7 heteroatoms. The molecule has 1 amide bonds. The fraction of sp³-hybridized carbons (Fsp3) is 0.318. The Morgan fingerprint density at radius 1 is 1.14 bits per heavy atom. The lowest BCUT2D eigenvalue weighted by atomic mass is 10.1. The van der Waals surface area contributed by atoms with Crippen LogP contribution >= 0.6 is 11.6 Å². The van der Waals surface area contributed by atoms with Crippen molar-refractivity contribution in [2.75, 3.05) is 0 Å². The van der Waals surface area contributed by atoms with Gasteiger partial charge in [-0.2, -0.15) is 4.98 Å². The largest absolute Gasteiger partial charge is 0.491 e. The van der Waals surface area contributed by atoms with Crippen molar-refractivity contribution in [2.45, 2.75) is 46.4 Å². The summed E-state index contributed by atoms with van der Waals surface area (Å²) >= 11 is 5.92. The van der Waals surface area contributed by atoms with Crippen LogP contribution in [0.2, 0.25) is 5.02 Å². The maximum atomic E-state index is 13.1. The van der Waals surface area contributed by atoms with Crippen LogP contribution in [-0.4, -0.2) is 33.1 Å². The monoisotopic (exact) mass is 413 g/mol. The van der Waals surface area contributed by atoms with Gasteiger partial charge in [0.25, 0.3) is 5.91 Å². The maximum absolute atomic E-state index is 13.1. The molecule has 0 unspecified atom stereocenters. The van der Waals surface area contributed by atoms with Gasteiger partial charge in [-0.3, -0.25) is 4.79 Å². The summed E-state index contributed by atoms with van der Waals surface area (Å²) in [5.74, 6) is 1.37. The van der Waals surface area contributed by atoms with Gasteiger partial charge in [0, 0.05) is 22.2 Å². The van der Waals surface area contributed by atoms with E-state index in [1.54, 1.807) is 29.2 Å². The third kappa shape index (κ3) is 5.35. The normalized spacial score (nSPS) is 11.1. The molecule has 0 spiro atoms. The van der Waals surface area contributed by atoms with Crippen LogP contribution in [0.4, 0.5) is 0 Å². The van der Waals surface area contributed by atoms with Crippen LogP contribution in [0.3, 0.4) is 0 Å². The van der Waals surface area contributed by atoms with Gasteiger partial charge in [0.1, 0.15) is 12.3 Å². The number of amides is 1. The van der Waals surface area contributed by atoms with Crippen LogP contribution in [0.25, 0.3) is 11.4 Å². The van der Waals surface area contributed by atoms with Gasteiger partial charge in [0.05, 0.1) is 6.10 Å². The number of halogens is 1.